The molecule has 4 aromatic rings. The zero-order chi connectivity index (χ0) is 35.7. The standard InChI is InChI=1S/C36H39O12P/c1-22-17-24(19-30(42-4)34(22)45-7)11-13-26-14-16-28(41-3)36(33(26)37)48-49(38,39)47-29-18-23(12-15-27(29)40-2)9-10-25-20-31(43-5)35(46-8)32(21-25)44-6/h9-21,37H,1-8H3,(H,38,39)/b10-9-,13-11-. The van der Waals surface area contributed by atoms with E-state index in [0.29, 0.717) is 34.3 Å². The fraction of sp³-hybridized carbons (Fsp3) is 0.222. The van der Waals surface area contributed by atoms with Gasteiger partial charge in [0, 0.05) is 5.56 Å². The van der Waals surface area contributed by atoms with Crippen molar-refractivity contribution in [3.05, 3.63) is 82.4 Å². The van der Waals surface area contributed by atoms with Crippen LogP contribution in [0.5, 0.6) is 57.5 Å². The van der Waals surface area contributed by atoms with Crippen LogP contribution in [-0.4, -0.2) is 59.8 Å². The second-order valence-electron chi connectivity index (χ2n) is 10.3. The minimum absolute atomic E-state index is 0.00323. The van der Waals surface area contributed by atoms with E-state index < -0.39 is 19.3 Å². The summed E-state index contributed by atoms with van der Waals surface area (Å²) in [7, 11) is 5.45. The van der Waals surface area contributed by atoms with Gasteiger partial charge in [0.15, 0.2) is 46.0 Å². The summed E-state index contributed by atoms with van der Waals surface area (Å²) >= 11 is 0. The van der Waals surface area contributed by atoms with Crippen LogP contribution in [-0.2, 0) is 4.57 Å². The molecule has 12 nitrogen and oxygen atoms in total. The molecular weight excluding hydrogens is 655 g/mol. The molecule has 1 atom stereocenters. The molecule has 49 heavy (non-hydrogen) atoms. The number of hydrogen-bond acceptors (Lipinski definition) is 11. The third kappa shape index (κ3) is 8.53. The molecule has 1 unspecified atom stereocenters. The number of ether oxygens (including phenoxy) is 7. The zero-order valence-corrected chi connectivity index (χ0v) is 29.3. The summed E-state index contributed by atoms with van der Waals surface area (Å²) in [6.45, 7) is 1.88. The topological polar surface area (TPSA) is 141 Å². The second kappa shape index (κ2) is 16.1. The second-order valence-corrected chi connectivity index (χ2v) is 11.6. The van der Waals surface area contributed by atoms with Crippen LogP contribution in [0, 0.1) is 6.92 Å². The molecule has 4 aromatic carbocycles. The third-order valence-electron chi connectivity index (χ3n) is 7.25. The molecule has 0 aliphatic heterocycles. The lowest BCUT2D eigenvalue weighted by atomic mass is 10.1. The maximum Gasteiger partial charge on any atom is 0.585 e. The number of methoxy groups -OCH3 is 7. The fourth-order valence-electron chi connectivity index (χ4n) is 4.93. The molecule has 0 saturated carbocycles. The molecule has 0 fully saturated rings. The van der Waals surface area contributed by atoms with Crippen molar-refractivity contribution in [1.29, 1.82) is 0 Å². The van der Waals surface area contributed by atoms with Crippen molar-refractivity contribution in [2.45, 2.75) is 6.92 Å². The number of aryl methyl sites for hydroxylation is 1. The highest BCUT2D eigenvalue weighted by Crippen LogP contribution is 2.53. The van der Waals surface area contributed by atoms with Crippen LogP contribution in [0.1, 0.15) is 27.8 Å². The Labute approximate surface area is 285 Å². The Hall–Kier alpha value is -5.45. The summed E-state index contributed by atoms with van der Waals surface area (Å²) in [6.07, 6.45) is 6.88. The Morgan fingerprint density at radius 3 is 1.57 bits per heavy atom. The molecule has 2 N–H and O–H groups in total. The Morgan fingerprint density at radius 2 is 1.00 bits per heavy atom. The molecule has 0 aliphatic carbocycles. The average molecular weight is 695 g/mol. The van der Waals surface area contributed by atoms with Crippen molar-refractivity contribution in [1.82, 2.24) is 0 Å². The Bertz CT molecular complexity index is 1870. The van der Waals surface area contributed by atoms with Gasteiger partial charge in [-0.3, -0.25) is 4.89 Å². The first-order valence-corrected chi connectivity index (χ1v) is 16.2. The average Bonchev–Trinajstić information content (AvgIpc) is 3.09. The first-order chi connectivity index (χ1) is 23.5. The van der Waals surface area contributed by atoms with Gasteiger partial charge in [0.25, 0.3) is 0 Å². The van der Waals surface area contributed by atoms with Crippen molar-refractivity contribution >= 4 is 32.1 Å². The predicted octanol–water partition coefficient (Wildman–Crippen LogP) is 7.66. The highest BCUT2D eigenvalue weighted by atomic mass is 31.2. The molecule has 13 heteroatoms. The lowest BCUT2D eigenvalue weighted by Crippen LogP contribution is -2.03. The number of phosphoric acid groups is 1. The van der Waals surface area contributed by atoms with Crippen molar-refractivity contribution in [2.24, 2.45) is 0 Å². The van der Waals surface area contributed by atoms with Gasteiger partial charge < -0.3 is 47.3 Å². The third-order valence-corrected chi connectivity index (χ3v) is 8.09. The van der Waals surface area contributed by atoms with Crippen molar-refractivity contribution in [2.75, 3.05) is 49.8 Å². The maximum atomic E-state index is 13.4. The van der Waals surface area contributed by atoms with Gasteiger partial charge in [-0.25, -0.2) is 4.57 Å². The molecule has 0 heterocycles. The SMILES string of the molecule is COc1ccc(/C=C\c2cc(OC)c(OC)c(OC)c2)cc1OP(=O)(O)Oc1c(OC)ccc(/C=C\c2cc(C)c(OC)c(OC)c2)c1O. The molecule has 0 amide bonds. The molecular formula is C36H39O12P. The lowest BCUT2D eigenvalue weighted by Gasteiger charge is -2.18. The van der Waals surface area contributed by atoms with Crippen LogP contribution in [0.3, 0.4) is 0 Å². The van der Waals surface area contributed by atoms with Gasteiger partial charge in [0.1, 0.15) is 0 Å². The van der Waals surface area contributed by atoms with Gasteiger partial charge >= 0.3 is 7.82 Å². The van der Waals surface area contributed by atoms with E-state index >= 15 is 0 Å². The quantitative estimate of drug-likeness (QED) is 0.0932. The molecule has 0 bridgehead atoms. The van der Waals surface area contributed by atoms with E-state index in [4.69, 9.17) is 42.2 Å². The molecule has 4 rings (SSSR count). The lowest BCUT2D eigenvalue weighted by molar-refractivity contribution is 0.271. The summed E-state index contributed by atoms with van der Waals surface area (Å²) in [5.41, 5.74) is 3.22. The summed E-state index contributed by atoms with van der Waals surface area (Å²) in [5, 5.41) is 11.1. The molecule has 0 saturated heterocycles. The molecule has 0 aliphatic rings. The summed E-state index contributed by atoms with van der Waals surface area (Å²) in [6, 6.07) is 15.1. The van der Waals surface area contributed by atoms with Gasteiger partial charge in [-0.2, -0.15) is 0 Å². The number of phenolic OH excluding ortho intramolecular Hbond substituents is 1. The van der Waals surface area contributed by atoms with E-state index in [2.05, 4.69) is 0 Å². The Kier molecular flexibility index (Phi) is 12.0. The fourth-order valence-corrected chi connectivity index (χ4v) is 5.77. The van der Waals surface area contributed by atoms with E-state index in [0.717, 1.165) is 16.7 Å². The van der Waals surface area contributed by atoms with E-state index in [9.17, 15) is 14.6 Å². The highest BCUT2D eigenvalue weighted by Gasteiger charge is 2.31. The van der Waals surface area contributed by atoms with Gasteiger partial charge in [0.05, 0.1) is 49.8 Å². The summed E-state index contributed by atoms with van der Waals surface area (Å²) < 4.78 is 62.0. The molecule has 260 valence electrons. The smallest absolute Gasteiger partial charge is 0.504 e. The number of phosphoric ester groups is 1. The Balaban J connectivity index is 1.61. The number of phenols is 1. The molecule has 0 radical (unpaired) electrons. The Morgan fingerprint density at radius 1 is 0.510 bits per heavy atom. The van der Waals surface area contributed by atoms with Crippen LogP contribution >= 0.6 is 7.82 Å². The predicted molar refractivity (Wildman–Crippen MR) is 187 cm³/mol. The van der Waals surface area contributed by atoms with E-state index in [1.165, 1.54) is 47.7 Å². The minimum atomic E-state index is -4.94. The van der Waals surface area contributed by atoms with Crippen LogP contribution < -0.4 is 42.2 Å². The van der Waals surface area contributed by atoms with Crippen LogP contribution in [0.15, 0.2) is 54.6 Å². The highest BCUT2D eigenvalue weighted by molar-refractivity contribution is 7.48. The summed E-state index contributed by atoms with van der Waals surface area (Å²) in [5.74, 6) is 1.82. The number of aromatic hydroxyl groups is 1. The summed E-state index contributed by atoms with van der Waals surface area (Å²) in [4.78, 5) is 10.9. The monoisotopic (exact) mass is 694 g/mol. The zero-order valence-electron chi connectivity index (χ0n) is 28.4. The van der Waals surface area contributed by atoms with Crippen LogP contribution in [0.2, 0.25) is 0 Å². The number of benzene rings is 4. The van der Waals surface area contributed by atoms with Crippen molar-refractivity contribution < 1.29 is 56.8 Å². The van der Waals surface area contributed by atoms with Gasteiger partial charge in [0.2, 0.25) is 11.5 Å². The largest absolute Gasteiger partial charge is 0.585 e. The van der Waals surface area contributed by atoms with Crippen molar-refractivity contribution in [3.63, 3.8) is 0 Å². The maximum absolute atomic E-state index is 13.4. The first-order valence-electron chi connectivity index (χ1n) is 14.7. The van der Waals surface area contributed by atoms with Crippen molar-refractivity contribution in [3.8, 4) is 57.5 Å². The molecule has 0 aromatic heterocycles. The van der Waals surface area contributed by atoms with Gasteiger partial charge in [-0.05, 0) is 77.7 Å². The van der Waals surface area contributed by atoms with E-state index in [1.807, 2.05) is 13.0 Å². The molecule has 0 spiro atoms. The first kappa shape index (κ1) is 36.4. The minimum Gasteiger partial charge on any atom is -0.504 e. The van der Waals surface area contributed by atoms with E-state index in [1.54, 1.807) is 74.9 Å². The number of rotatable bonds is 15. The van der Waals surface area contributed by atoms with Gasteiger partial charge in [-0.1, -0.05) is 30.4 Å². The van der Waals surface area contributed by atoms with Gasteiger partial charge in [-0.15, -0.1) is 0 Å². The van der Waals surface area contributed by atoms with E-state index in [-0.39, 0.29) is 22.8 Å². The van der Waals surface area contributed by atoms with Crippen LogP contribution in [0.4, 0.5) is 0 Å². The number of hydrogen-bond donors (Lipinski definition) is 2. The van der Waals surface area contributed by atoms with Crippen LogP contribution in [0.25, 0.3) is 24.3 Å². The normalized spacial score (nSPS) is 12.3.